The van der Waals surface area contributed by atoms with E-state index in [1.807, 2.05) is 12.1 Å². The topological polar surface area (TPSA) is 34.1 Å². The Morgan fingerprint density at radius 3 is 3.07 bits per heavy atom. The van der Waals surface area contributed by atoms with Gasteiger partial charge in [-0.2, -0.15) is 0 Å². The summed E-state index contributed by atoms with van der Waals surface area (Å²) in [6.07, 6.45) is 5.73. The molecule has 0 amide bonds. The number of nitrogens with one attached hydrogen (secondary N) is 1. The molecule has 0 saturated carbocycles. The maximum Gasteiger partial charge on any atom is 0.137 e. The van der Waals surface area contributed by atoms with Gasteiger partial charge in [-0.25, -0.2) is 0 Å². The largest absolute Gasteiger partial charge is 0.492 e. The number of hydrogen-bond acceptors (Lipinski definition) is 3. The molecule has 0 spiro atoms. The molecule has 14 heavy (non-hydrogen) atoms. The number of hydrogen-bond donors (Lipinski definition) is 1. The van der Waals surface area contributed by atoms with Gasteiger partial charge in [-0.3, -0.25) is 4.98 Å². The third-order valence-electron chi connectivity index (χ3n) is 1.90. The van der Waals surface area contributed by atoms with Crippen molar-refractivity contribution in [3.63, 3.8) is 0 Å². The van der Waals surface area contributed by atoms with Gasteiger partial charge in [0, 0.05) is 6.20 Å². The first-order valence-electron chi connectivity index (χ1n) is 5.17. The average molecular weight is 194 g/mol. The normalized spacial score (nSPS) is 10.1. The summed E-state index contributed by atoms with van der Waals surface area (Å²) >= 11 is 0. The Balaban J connectivity index is 1.99. The highest BCUT2D eigenvalue weighted by molar-refractivity contribution is 5.15. The molecule has 0 aliphatic carbocycles. The van der Waals surface area contributed by atoms with Crippen molar-refractivity contribution in [1.82, 2.24) is 10.3 Å². The van der Waals surface area contributed by atoms with Crippen LogP contribution in [0.3, 0.4) is 0 Å². The number of unbranched alkanes of at least 4 members (excludes halogenated alkanes) is 1. The molecule has 1 rings (SSSR count). The Morgan fingerprint density at radius 2 is 2.36 bits per heavy atom. The summed E-state index contributed by atoms with van der Waals surface area (Å²) in [6.45, 7) is 5.01. The first kappa shape index (κ1) is 11.0. The Bertz CT molecular complexity index is 226. The minimum absolute atomic E-state index is 0.775. The molecule has 0 unspecified atom stereocenters. The molecule has 0 radical (unpaired) electrons. The molecule has 1 heterocycles. The zero-order chi connectivity index (χ0) is 10.1. The number of aromatic nitrogens is 1. The van der Waals surface area contributed by atoms with Crippen LogP contribution in [0, 0.1) is 0 Å². The Kier molecular flexibility index (Phi) is 5.75. The first-order chi connectivity index (χ1) is 6.93. The number of nitrogens with zero attached hydrogens (tertiary/aromatic N) is 1. The number of ether oxygens (including phenoxy) is 1. The molecule has 0 atom stereocenters. The van der Waals surface area contributed by atoms with Crippen molar-refractivity contribution >= 4 is 0 Å². The fourth-order valence-corrected chi connectivity index (χ4v) is 1.15. The summed E-state index contributed by atoms with van der Waals surface area (Å²) in [7, 11) is 0. The van der Waals surface area contributed by atoms with Gasteiger partial charge in [-0.05, 0) is 38.1 Å². The van der Waals surface area contributed by atoms with E-state index < -0.39 is 0 Å². The van der Waals surface area contributed by atoms with E-state index in [1.54, 1.807) is 12.4 Å². The van der Waals surface area contributed by atoms with Crippen LogP contribution >= 0.6 is 0 Å². The molecule has 0 aromatic carbocycles. The maximum absolute atomic E-state index is 5.50. The zero-order valence-corrected chi connectivity index (χ0v) is 8.70. The van der Waals surface area contributed by atoms with E-state index in [4.69, 9.17) is 4.74 Å². The second-order valence-corrected chi connectivity index (χ2v) is 3.10. The van der Waals surface area contributed by atoms with Crippen molar-refractivity contribution in [3.8, 4) is 5.75 Å². The van der Waals surface area contributed by atoms with Gasteiger partial charge in [0.1, 0.15) is 5.75 Å². The van der Waals surface area contributed by atoms with Gasteiger partial charge in [-0.1, -0.05) is 6.92 Å². The van der Waals surface area contributed by atoms with E-state index in [0.29, 0.717) is 0 Å². The van der Waals surface area contributed by atoms with Crippen molar-refractivity contribution in [2.75, 3.05) is 19.7 Å². The summed E-state index contributed by atoms with van der Waals surface area (Å²) < 4.78 is 5.50. The van der Waals surface area contributed by atoms with Gasteiger partial charge in [0.15, 0.2) is 0 Å². The smallest absolute Gasteiger partial charge is 0.137 e. The van der Waals surface area contributed by atoms with Crippen LogP contribution in [-0.4, -0.2) is 24.7 Å². The van der Waals surface area contributed by atoms with E-state index in [-0.39, 0.29) is 0 Å². The summed E-state index contributed by atoms with van der Waals surface area (Å²) in [4.78, 5) is 3.98. The predicted molar refractivity (Wildman–Crippen MR) is 57.5 cm³/mol. The van der Waals surface area contributed by atoms with E-state index >= 15 is 0 Å². The van der Waals surface area contributed by atoms with Gasteiger partial charge in [-0.15, -0.1) is 0 Å². The lowest BCUT2D eigenvalue weighted by atomic mass is 10.3. The molecule has 78 valence electrons. The molecule has 0 fully saturated rings. The van der Waals surface area contributed by atoms with Crippen LogP contribution in [0.2, 0.25) is 0 Å². The van der Waals surface area contributed by atoms with Crippen LogP contribution in [-0.2, 0) is 0 Å². The molecule has 0 aliphatic rings. The zero-order valence-electron chi connectivity index (χ0n) is 8.70. The number of pyridine rings is 1. The monoisotopic (exact) mass is 194 g/mol. The molecular weight excluding hydrogens is 176 g/mol. The van der Waals surface area contributed by atoms with Gasteiger partial charge < -0.3 is 10.1 Å². The molecule has 0 aliphatic heterocycles. The van der Waals surface area contributed by atoms with E-state index in [0.717, 1.165) is 38.3 Å². The quantitative estimate of drug-likeness (QED) is 0.673. The van der Waals surface area contributed by atoms with Crippen LogP contribution in [0.1, 0.15) is 19.8 Å². The molecule has 3 nitrogen and oxygen atoms in total. The van der Waals surface area contributed by atoms with Crippen LogP contribution in [0.5, 0.6) is 5.75 Å². The van der Waals surface area contributed by atoms with Gasteiger partial charge >= 0.3 is 0 Å². The van der Waals surface area contributed by atoms with Gasteiger partial charge in [0.05, 0.1) is 12.8 Å². The highest BCUT2D eigenvalue weighted by Gasteiger charge is 1.91. The third-order valence-corrected chi connectivity index (χ3v) is 1.90. The lowest BCUT2D eigenvalue weighted by molar-refractivity contribution is 0.305. The maximum atomic E-state index is 5.50. The van der Waals surface area contributed by atoms with Crippen molar-refractivity contribution in [1.29, 1.82) is 0 Å². The summed E-state index contributed by atoms with van der Waals surface area (Å²) in [5, 5.41) is 3.28. The molecule has 0 saturated heterocycles. The summed E-state index contributed by atoms with van der Waals surface area (Å²) in [6, 6.07) is 3.81. The summed E-state index contributed by atoms with van der Waals surface area (Å²) in [5.41, 5.74) is 0. The SMILES string of the molecule is CCNCCCCOc1cccnc1. The predicted octanol–water partition coefficient (Wildman–Crippen LogP) is 1.85. The van der Waals surface area contributed by atoms with Gasteiger partial charge in [0.25, 0.3) is 0 Å². The lowest BCUT2D eigenvalue weighted by Gasteiger charge is -2.05. The Morgan fingerprint density at radius 1 is 1.43 bits per heavy atom. The standard InChI is InChI=1S/C11H18N2O/c1-2-12-7-3-4-9-14-11-6-5-8-13-10-11/h5-6,8,10,12H,2-4,7,9H2,1H3. The molecule has 1 aromatic rings. The molecular formula is C11H18N2O. The van der Waals surface area contributed by atoms with Crippen molar-refractivity contribution in [3.05, 3.63) is 24.5 Å². The van der Waals surface area contributed by atoms with Crippen molar-refractivity contribution in [2.24, 2.45) is 0 Å². The van der Waals surface area contributed by atoms with E-state index in [1.165, 1.54) is 0 Å². The molecule has 0 bridgehead atoms. The van der Waals surface area contributed by atoms with Gasteiger partial charge in [0.2, 0.25) is 0 Å². The minimum Gasteiger partial charge on any atom is -0.492 e. The van der Waals surface area contributed by atoms with Crippen LogP contribution in [0.4, 0.5) is 0 Å². The van der Waals surface area contributed by atoms with E-state index in [2.05, 4.69) is 17.2 Å². The minimum atomic E-state index is 0.775. The van der Waals surface area contributed by atoms with E-state index in [9.17, 15) is 0 Å². The molecule has 3 heteroatoms. The van der Waals surface area contributed by atoms with Crippen molar-refractivity contribution in [2.45, 2.75) is 19.8 Å². The second kappa shape index (κ2) is 7.33. The first-order valence-corrected chi connectivity index (χ1v) is 5.17. The lowest BCUT2D eigenvalue weighted by Crippen LogP contribution is -2.14. The Labute approximate surface area is 85.5 Å². The third kappa shape index (κ3) is 4.82. The average Bonchev–Trinajstić information content (AvgIpc) is 2.25. The number of rotatable bonds is 7. The van der Waals surface area contributed by atoms with Crippen molar-refractivity contribution < 1.29 is 4.74 Å². The Hall–Kier alpha value is -1.09. The highest BCUT2D eigenvalue weighted by atomic mass is 16.5. The second-order valence-electron chi connectivity index (χ2n) is 3.10. The fourth-order valence-electron chi connectivity index (χ4n) is 1.15. The fraction of sp³-hybridized carbons (Fsp3) is 0.545. The summed E-state index contributed by atoms with van der Waals surface area (Å²) in [5.74, 6) is 0.857. The van der Waals surface area contributed by atoms with Crippen LogP contribution in [0.25, 0.3) is 0 Å². The van der Waals surface area contributed by atoms with Crippen LogP contribution in [0.15, 0.2) is 24.5 Å². The highest BCUT2D eigenvalue weighted by Crippen LogP contribution is 2.06. The molecule has 1 N–H and O–H groups in total. The van der Waals surface area contributed by atoms with Crippen LogP contribution < -0.4 is 10.1 Å². The molecule has 1 aromatic heterocycles.